The zero-order valence-corrected chi connectivity index (χ0v) is 8.18. The van der Waals surface area contributed by atoms with Crippen LogP contribution in [-0.4, -0.2) is 31.3 Å². The largest absolute Gasteiger partial charge is 0.284 e. The highest BCUT2D eigenvalue weighted by atomic mass is 17.2. The fourth-order valence-corrected chi connectivity index (χ4v) is 0.350. The van der Waals surface area contributed by atoms with Crippen LogP contribution in [0.1, 0.15) is 27.2 Å². The number of nitrogens with zero attached hydrogens (tertiary/aromatic N) is 1. The van der Waals surface area contributed by atoms with Crippen molar-refractivity contribution in [1.82, 2.24) is 4.90 Å². The topological polar surface area (TPSA) is 21.7 Å². The average Bonchev–Trinajstić information content (AvgIpc) is 1.87. The van der Waals surface area contributed by atoms with Gasteiger partial charge in [-0.1, -0.05) is 6.92 Å². The van der Waals surface area contributed by atoms with E-state index >= 15 is 0 Å². The van der Waals surface area contributed by atoms with E-state index in [1.807, 2.05) is 32.8 Å². The molecule has 11 heavy (non-hydrogen) atoms. The van der Waals surface area contributed by atoms with Gasteiger partial charge in [0.05, 0.1) is 5.60 Å². The molecule has 0 aromatic carbocycles. The number of hydrogen-bond acceptors (Lipinski definition) is 3. The highest BCUT2D eigenvalue weighted by molar-refractivity contribution is 4.61. The first kappa shape index (κ1) is 10.9. The minimum absolute atomic E-state index is 0.171. The zero-order chi connectivity index (χ0) is 8.91. The molecule has 0 amide bonds. The predicted octanol–water partition coefficient (Wildman–Crippen LogP) is 1.64. The Morgan fingerprint density at radius 1 is 1.27 bits per heavy atom. The van der Waals surface area contributed by atoms with Gasteiger partial charge < -0.3 is 0 Å². The molecule has 3 nitrogen and oxygen atoms in total. The summed E-state index contributed by atoms with van der Waals surface area (Å²) in [5.41, 5.74) is -0.171. The smallest absolute Gasteiger partial charge is 0.135 e. The first-order valence-corrected chi connectivity index (χ1v) is 3.93. The van der Waals surface area contributed by atoms with Crippen molar-refractivity contribution in [2.75, 3.05) is 20.8 Å². The third-order valence-corrected chi connectivity index (χ3v) is 1.45. The van der Waals surface area contributed by atoms with Gasteiger partial charge in [-0.05, 0) is 34.4 Å². The van der Waals surface area contributed by atoms with Crippen LogP contribution >= 0.6 is 0 Å². The highest BCUT2D eigenvalue weighted by Crippen LogP contribution is 2.13. The molecule has 0 aliphatic heterocycles. The van der Waals surface area contributed by atoms with E-state index in [1.54, 1.807) is 0 Å². The van der Waals surface area contributed by atoms with Gasteiger partial charge in [-0.2, -0.15) is 0 Å². The fourth-order valence-electron chi connectivity index (χ4n) is 0.350. The monoisotopic (exact) mass is 161 g/mol. The van der Waals surface area contributed by atoms with E-state index in [0.717, 1.165) is 6.42 Å². The molecule has 0 heterocycles. The van der Waals surface area contributed by atoms with E-state index in [4.69, 9.17) is 9.78 Å². The van der Waals surface area contributed by atoms with Crippen LogP contribution in [-0.2, 0) is 9.78 Å². The Balaban J connectivity index is 3.38. The molecule has 0 fully saturated rings. The summed E-state index contributed by atoms with van der Waals surface area (Å²) in [5.74, 6) is 0. The summed E-state index contributed by atoms with van der Waals surface area (Å²) in [6.07, 6.45) is 0.945. The molecule has 0 rings (SSSR count). The van der Waals surface area contributed by atoms with Crippen molar-refractivity contribution < 1.29 is 9.78 Å². The standard InChI is InChI=1S/C8H19NO2/c1-6-8(2,3)11-10-7-9(4)5/h6-7H2,1-5H3. The van der Waals surface area contributed by atoms with Gasteiger partial charge in [0, 0.05) is 0 Å². The highest BCUT2D eigenvalue weighted by Gasteiger charge is 2.16. The molecule has 0 saturated heterocycles. The van der Waals surface area contributed by atoms with Gasteiger partial charge in [-0.15, -0.1) is 0 Å². The second-order valence-corrected chi connectivity index (χ2v) is 3.52. The normalized spacial score (nSPS) is 12.5. The molecule has 0 bridgehead atoms. The quantitative estimate of drug-likeness (QED) is 0.347. The Labute approximate surface area is 69.2 Å². The Bertz CT molecular complexity index is 102. The third-order valence-electron chi connectivity index (χ3n) is 1.45. The summed E-state index contributed by atoms with van der Waals surface area (Å²) < 4.78 is 0. The van der Waals surface area contributed by atoms with Crippen LogP contribution in [0, 0.1) is 0 Å². The molecule has 0 radical (unpaired) electrons. The molecular weight excluding hydrogens is 142 g/mol. The van der Waals surface area contributed by atoms with Crippen molar-refractivity contribution in [2.24, 2.45) is 0 Å². The van der Waals surface area contributed by atoms with Crippen molar-refractivity contribution in [3.05, 3.63) is 0 Å². The summed E-state index contributed by atoms with van der Waals surface area (Å²) in [5, 5.41) is 0. The Kier molecular flexibility index (Phi) is 4.65. The van der Waals surface area contributed by atoms with Crippen molar-refractivity contribution in [1.29, 1.82) is 0 Å². The van der Waals surface area contributed by atoms with E-state index in [-0.39, 0.29) is 5.60 Å². The lowest BCUT2D eigenvalue weighted by molar-refractivity contribution is -0.366. The van der Waals surface area contributed by atoms with Crippen LogP contribution in [0.2, 0.25) is 0 Å². The van der Waals surface area contributed by atoms with Crippen molar-refractivity contribution in [2.45, 2.75) is 32.8 Å². The van der Waals surface area contributed by atoms with E-state index in [0.29, 0.717) is 6.73 Å². The van der Waals surface area contributed by atoms with E-state index < -0.39 is 0 Å². The van der Waals surface area contributed by atoms with Gasteiger partial charge in [0.1, 0.15) is 6.73 Å². The third kappa shape index (κ3) is 6.28. The molecule has 68 valence electrons. The lowest BCUT2D eigenvalue weighted by Gasteiger charge is -2.22. The maximum Gasteiger partial charge on any atom is 0.135 e. The summed E-state index contributed by atoms with van der Waals surface area (Å²) in [7, 11) is 3.87. The second kappa shape index (κ2) is 4.70. The van der Waals surface area contributed by atoms with Crippen LogP contribution in [0.5, 0.6) is 0 Å². The van der Waals surface area contributed by atoms with Gasteiger partial charge in [0.15, 0.2) is 0 Å². The summed E-state index contributed by atoms with van der Waals surface area (Å²) in [6.45, 7) is 6.58. The molecule has 0 N–H and O–H groups in total. The average molecular weight is 161 g/mol. The van der Waals surface area contributed by atoms with E-state index in [2.05, 4.69) is 6.92 Å². The summed E-state index contributed by atoms with van der Waals surface area (Å²) >= 11 is 0. The van der Waals surface area contributed by atoms with Gasteiger partial charge in [0.25, 0.3) is 0 Å². The second-order valence-electron chi connectivity index (χ2n) is 3.52. The SMILES string of the molecule is CCC(C)(C)OOCN(C)C. The molecule has 0 unspecified atom stereocenters. The first-order valence-electron chi connectivity index (χ1n) is 3.93. The van der Waals surface area contributed by atoms with E-state index in [1.165, 1.54) is 0 Å². The van der Waals surface area contributed by atoms with Crippen LogP contribution in [0.15, 0.2) is 0 Å². The molecule has 0 aromatic heterocycles. The number of hydrogen-bond donors (Lipinski definition) is 0. The lowest BCUT2D eigenvalue weighted by atomic mass is 10.1. The summed E-state index contributed by atoms with van der Waals surface area (Å²) in [6, 6.07) is 0. The van der Waals surface area contributed by atoms with Gasteiger partial charge in [-0.25, -0.2) is 9.78 Å². The Morgan fingerprint density at radius 3 is 2.18 bits per heavy atom. The zero-order valence-electron chi connectivity index (χ0n) is 8.18. The van der Waals surface area contributed by atoms with Crippen LogP contribution in [0.25, 0.3) is 0 Å². The molecule has 0 aliphatic rings. The van der Waals surface area contributed by atoms with E-state index in [9.17, 15) is 0 Å². The van der Waals surface area contributed by atoms with Crippen molar-refractivity contribution >= 4 is 0 Å². The minimum atomic E-state index is -0.171. The van der Waals surface area contributed by atoms with Crippen molar-refractivity contribution in [3.8, 4) is 0 Å². The Morgan fingerprint density at radius 2 is 1.82 bits per heavy atom. The van der Waals surface area contributed by atoms with Gasteiger partial charge in [0.2, 0.25) is 0 Å². The van der Waals surface area contributed by atoms with Crippen LogP contribution < -0.4 is 0 Å². The first-order chi connectivity index (χ1) is 4.98. The maximum atomic E-state index is 5.15. The van der Waals surface area contributed by atoms with Gasteiger partial charge in [-0.3, -0.25) is 4.90 Å². The van der Waals surface area contributed by atoms with Gasteiger partial charge >= 0.3 is 0 Å². The molecule has 0 atom stereocenters. The minimum Gasteiger partial charge on any atom is -0.284 e. The number of rotatable bonds is 5. The maximum absolute atomic E-state index is 5.15. The molecule has 0 aromatic rings. The molecule has 0 saturated carbocycles. The van der Waals surface area contributed by atoms with Crippen LogP contribution in [0.4, 0.5) is 0 Å². The molecule has 0 aliphatic carbocycles. The summed E-state index contributed by atoms with van der Waals surface area (Å²) in [4.78, 5) is 12.0. The van der Waals surface area contributed by atoms with Crippen LogP contribution in [0.3, 0.4) is 0 Å². The molecule has 0 spiro atoms. The molecule has 3 heteroatoms. The molecular formula is C8H19NO2. The van der Waals surface area contributed by atoms with Crippen molar-refractivity contribution in [3.63, 3.8) is 0 Å². The lowest BCUT2D eigenvalue weighted by Crippen LogP contribution is -2.26. The fraction of sp³-hybridized carbons (Fsp3) is 1.00. The predicted molar refractivity (Wildman–Crippen MR) is 45.1 cm³/mol. The Hall–Kier alpha value is -0.120.